The van der Waals surface area contributed by atoms with Crippen LogP contribution in [0.1, 0.15) is 29.9 Å². The minimum absolute atomic E-state index is 0.00781. The lowest BCUT2D eigenvalue weighted by molar-refractivity contribution is -0.118. The highest BCUT2D eigenvalue weighted by molar-refractivity contribution is 9.10. The van der Waals surface area contributed by atoms with Gasteiger partial charge in [-0.25, -0.2) is 0 Å². The second-order valence-electron chi connectivity index (χ2n) is 7.10. The molecule has 29 heavy (non-hydrogen) atoms. The molecule has 3 aromatic carbocycles. The zero-order valence-electron chi connectivity index (χ0n) is 16.0. The number of benzene rings is 3. The smallest absolute Gasteiger partial charge is 0.232 e. The molecule has 4 rings (SSSR count). The molecule has 0 bridgehead atoms. The van der Waals surface area contributed by atoms with E-state index in [0.29, 0.717) is 0 Å². The molecule has 0 aliphatic carbocycles. The van der Waals surface area contributed by atoms with Crippen molar-refractivity contribution in [2.45, 2.75) is 18.8 Å². The highest BCUT2D eigenvalue weighted by atomic mass is 79.9. The number of anilines is 1. The van der Waals surface area contributed by atoms with Crippen molar-refractivity contribution in [1.82, 2.24) is 4.98 Å². The Morgan fingerprint density at radius 2 is 1.59 bits per heavy atom. The Labute approximate surface area is 178 Å². The molecule has 1 heterocycles. The summed E-state index contributed by atoms with van der Waals surface area (Å²) in [4.78, 5) is 17.9. The van der Waals surface area contributed by atoms with Crippen molar-refractivity contribution in [2.75, 3.05) is 5.32 Å². The van der Waals surface area contributed by atoms with Gasteiger partial charge in [0.15, 0.2) is 0 Å². The molecule has 1 aromatic heterocycles. The number of fused-ring (bicyclic) bond motifs is 1. The number of hydrogen-bond donors (Lipinski definition) is 1. The van der Waals surface area contributed by atoms with Gasteiger partial charge < -0.3 is 5.32 Å². The number of nitrogens with zero attached hydrogens (tertiary/aromatic N) is 1. The molecule has 0 aliphatic heterocycles. The first-order valence-corrected chi connectivity index (χ1v) is 10.4. The van der Waals surface area contributed by atoms with Gasteiger partial charge in [0.25, 0.3) is 0 Å². The van der Waals surface area contributed by atoms with E-state index in [0.717, 1.165) is 32.2 Å². The van der Waals surface area contributed by atoms with Crippen molar-refractivity contribution in [3.05, 3.63) is 107 Å². The fourth-order valence-corrected chi connectivity index (χ4v) is 3.97. The maximum absolute atomic E-state index is 13.5. The van der Waals surface area contributed by atoms with E-state index in [1.54, 1.807) is 6.20 Å². The number of carbonyl (C=O) groups is 1. The molecule has 2 atom stereocenters. The van der Waals surface area contributed by atoms with Crippen LogP contribution < -0.4 is 5.32 Å². The summed E-state index contributed by atoms with van der Waals surface area (Å²) in [6.45, 7) is 2.10. The van der Waals surface area contributed by atoms with Crippen LogP contribution in [0, 0.1) is 0 Å². The van der Waals surface area contributed by atoms with Crippen LogP contribution in [-0.4, -0.2) is 10.9 Å². The quantitative estimate of drug-likeness (QED) is 0.380. The Morgan fingerprint density at radius 1 is 0.862 bits per heavy atom. The predicted octanol–water partition coefficient (Wildman–Crippen LogP) is 6.52. The second kappa shape index (κ2) is 8.58. The molecule has 3 nitrogen and oxygen atoms in total. The van der Waals surface area contributed by atoms with Crippen molar-refractivity contribution in [3.63, 3.8) is 0 Å². The molecule has 0 aliphatic rings. The Morgan fingerprint density at radius 3 is 2.34 bits per heavy atom. The van der Waals surface area contributed by atoms with E-state index in [4.69, 9.17) is 0 Å². The molecule has 0 unspecified atom stereocenters. The fraction of sp³-hybridized carbons (Fsp3) is 0.120. The fourth-order valence-electron chi connectivity index (χ4n) is 3.70. The van der Waals surface area contributed by atoms with E-state index < -0.39 is 0 Å². The highest BCUT2D eigenvalue weighted by Gasteiger charge is 2.28. The summed E-state index contributed by atoms with van der Waals surface area (Å²) in [5.74, 6) is -0.352. The Bertz CT molecular complexity index is 1120. The maximum atomic E-state index is 13.5. The SMILES string of the molecule is C[C@H](c1ccc(Br)cc1)[C@@H](C(=O)Nc1cccc2cccnc12)c1ccccc1. The van der Waals surface area contributed by atoms with Gasteiger partial charge in [0.05, 0.1) is 17.1 Å². The van der Waals surface area contributed by atoms with Gasteiger partial charge in [0.1, 0.15) is 0 Å². The average Bonchev–Trinajstić information content (AvgIpc) is 2.75. The first-order chi connectivity index (χ1) is 14.1. The molecule has 0 saturated heterocycles. The van der Waals surface area contributed by atoms with Crippen LogP contribution in [0.25, 0.3) is 10.9 Å². The van der Waals surface area contributed by atoms with Gasteiger partial charge in [0, 0.05) is 16.1 Å². The zero-order valence-corrected chi connectivity index (χ0v) is 17.6. The molecule has 4 aromatic rings. The Balaban J connectivity index is 1.70. The number of amides is 1. The van der Waals surface area contributed by atoms with Crippen molar-refractivity contribution in [3.8, 4) is 0 Å². The summed E-state index contributed by atoms with van der Waals surface area (Å²) >= 11 is 3.49. The third kappa shape index (κ3) is 4.22. The normalized spacial score (nSPS) is 13.0. The monoisotopic (exact) mass is 444 g/mol. The third-order valence-electron chi connectivity index (χ3n) is 5.23. The first-order valence-electron chi connectivity index (χ1n) is 9.58. The number of rotatable bonds is 5. The lowest BCUT2D eigenvalue weighted by Gasteiger charge is -2.24. The molecule has 1 amide bonds. The van der Waals surface area contributed by atoms with Crippen LogP contribution in [0.15, 0.2) is 95.6 Å². The predicted molar refractivity (Wildman–Crippen MR) is 122 cm³/mol. The minimum atomic E-state index is -0.323. The van der Waals surface area contributed by atoms with Gasteiger partial charge in [-0.1, -0.05) is 83.5 Å². The van der Waals surface area contributed by atoms with Crippen LogP contribution in [0.5, 0.6) is 0 Å². The Hall–Kier alpha value is -2.98. The summed E-state index contributed by atoms with van der Waals surface area (Å²) in [6, 6.07) is 27.8. The molecule has 1 N–H and O–H groups in total. The highest BCUT2D eigenvalue weighted by Crippen LogP contribution is 2.35. The number of hydrogen-bond acceptors (Lipinski definition) is 2. The van der Waals surface area contributed by atoms with E-state index in [1.165, 1.54) is 0 Å². The van der Waals surface area contributed by atoms with Crippen LogP contribution in [-0.2, 0) is 4.79 Å². The number of pyridine rings is 1. The number of halogens is 1. The average molecular weight is 445 g/mol. The molecule has 144 valence electrons. The van der Waals surface area contributed by atoms with Crippen molar-refractivity contribution < 1.29 is 4.79 Å². The van der Waals surface area contributed by atoms with Gasteiger partial charge in [0.2, 0.25) is 5.91 Å². The van der Waals surface area contributed by atoms with E-state index in [-0.39, 0.29) is 17.7 Å². The van der Waals surface area contributed by atoms with Crippen LogP contribution in [0.2, 0.25) is 0 Å². The van der Waals surface area contributed by atoms with E-state index in [1.807, 2.05) is 72.8 Å². The van der Waals surface area contributed by atoms with E-state index in [2.05, 4.69) is 45.3 Å². The summed E-state index contributed by atoms with van der Waals surface area (Å²) in [5.41, 5.74) is 3.64. The zero-order chi connectivity index (χ0) is 20.2. The van der Waals surface area contributed by atoms with Crippen molar-refractivity contribution >= 4 is 38.4 Å². The van der Waals surface area contributed by atoms with Crippen LogP contribution >= 0.6 is 15.9 Å². The summed E-state index contributed by atoms with van der Waals surface area (Å²) < 4.78 is 1.02. The second-order valence-corrected chi connectivity index (χ2v) is 8.01. The number of para-hydroxylation sites is 1. The Kier molecular flexibility index (Phi) is 5.72. The van der Waals surface area contributed by atoms with E-state index >= 15 is 0 Å². The lowest BCUT2D eigenvalue weighted by Crippen LogP contribution is -2.25. The summed E-state index contributed by atoms with van der Waals surface area (Å²) in [7, 11) is 0. The summed E-state index contributed by atoms with van der Waals surface area (Å²) in [5, 5.41) is 4.14. The molecule has 4 heteroatoms. The first kappa shape index (κ1) is 19.3. The molecule has 0 spiro atoms. The number of carbonyl (C=O) groups excluding carboxylic acids is 1. The van der Waals surface area contributed by atoms with Crippen LogP contribution in [0.3, 0.4) is 0 Å². The maximum Gasteiger partial charge on any atom is 0.232 e. The van der Waals surface area contributed by atoms with Gasteiger partial charge in [-0.05, 0) is 41.3 Å². The number of aromatic nitrogens is 1. The lowest BCUT2D eigenvalue weighted by atomic mass is 9.82. The van der Waals surface area contributed by atoms with Crippen LogP contribution in [0.4, 0.5) is 5.69 Å². The largest absolute Gasteiger partial charge is 0.324 e. The number of nitrogens with one attached hydrogen (secondary N) is 1. The van der Waals surface area contributed by atoms with Gasteiger partial charge >= 0.3 is 0 Å². The van der Waals surface area contributed by atoms with E-state index in [9.17, 15) is 4.79 Å². The topological polar surface area (TPSA) is 42.0 Å². The molecule has 0 fully saturated rings. The van der Waals surface area contributed by atoms with Gasteiger partial charge in [-0.3, -0.25) is 9.78 Å². The minimum Gasteiger partial charge on any atom is -0.324 e. The third-order valence-corrected chi connectivity index (χ3v) is 5.76. The molecule has 0 saturated carbocycles. The molecular formula is C25H21BrN2O. The van der Waals surface area contributed by atoms with Gasteiger partial charge in [-0.2, -0.15) is 0 Å². The molecule has 0 radical (unpaired) electrons. The van der Waals surface area contributed by atoms with Gasteiger partial charge in [-0.15, -0.1) is 0 Å². The van der Waals surface area contributed by atoms with Crippen molar-refractivity contribution in [1.29, 1.82) is 0 Å². The van der Waals surface area contributed by atoms with Crippen molar-refractivity contribution in [2.24, 2.45) is 0 Å². The summed E-state index contributed by atoms with van der Waals surface area (Å²) in [6.07, 6.45) is 1.75. The molecular weight excluding hydrogens is 424 g/mol. The standard InChI is InChI=1S/C25H21BrN2O/c1-17(18-12-14-21(26)15-13-18)23(19-7-3-2-4-8-19)25(29)28-22-11-5-9-20-10-6-16-27-24(20)22/h2-17,23H,1H3,(H,28,29)/t17-,23-/m1/s1.